The molecular formula is C57H99NO18. The van der Waals surface area contributed by atoms with Gasteiger partial charge in [0, 0.05) is 6.42 Å². The van der Waals surface area contributed by atoms with Crippen molar-refractivity contribution in [1.82, 2.24) is 5.32 Å². The molecule has 440 valence electrons. The highest BCUT2D eigenvalue weighted by Crippen LogP contribution is 2.33. The molecule has 19 nitrogen and oxygen atoms in total. The van der Waals surface area contributed by atoms with Gasteiger partial charge in [0.2, 0.25) is 5.91 Å². The number of nitrogens with one attached hydrogen (secondary N) is 1. The summed E-state index contributed by atoms with van der Waals surface area (Å²) in [5.41, 5.74) is 0. The van der Waals surface area contributed by atoms with Gasteiger partial charge in [0.05, 0.1) is 38.6 Å². The Bertz CT molecular complexity index is 1630. The van der Waals surface area contributed by atoms with E-state index in [1.807, 2.05) is 6.08 Å². The Labute approximate surface area is 452 Å². The summed E-state index contributed by atoms with van der Waals surface area (Å²) in [7, 11) is 0. The first kappa shape index (κ1) is 67.8. The number of aliphatic hydroxyl groups excluding tert-OH is 11. The first-order valence-corrected chi connectivity index (χ1v) is 28.5. The maximum absolute atomic E-state index is 13.2. The minimum atomic E-state index is -1.98. The van der Waals surface area contributed by atoms with Crippen LogP contribution in [0.15, 0.2) is 60.8 Å². The molecule has 3 aliphatic rings. The molecule has 3 rings (SSSR count). The number of hydrogen-bond donors (Lipinski definition) is 12. The van der Waals surface area contributed by atoms with Crippen molar-refractivity contribution in [1.29, 1.82) is 0 Å². The van der Waals surface area contributed by atoms with Crippen LogP contribution in [0, 0.1) is 0 Å². The Balaban J connectivity index is 1.40. The van der Waals surface area contributed by atoms with E-state index in [0.29, 0.717) is 6.42 Å². The van der Waals surface area contributed by atoms with Crippen LogP contribution < -0.4 is 5.32 Å². The number of unbranched alkanes of at least 4 members (excludes halogenated alkanes) is 16. The lowest BCUT2D eigenvalue weighted by Gasteiger charge is -2.48. The zero-order valence-electron chi connectivity index (χ0n) is 45.5. The van der Waals surface area contributed by atoms with Crippen molar-refractivity contribution in [3.63, 3.8) is 0 Å². The Morgan fingerprint density at radius 1 is 0.487 bits per heavy atom. The van der Waals surface area contributed by atoms with Crippen LogP contribution in [-0.2, 0) is 33.2 Å². The van der Waals surface area contributed by atoms with E-state index < -0.39 is 124 Å². The summed E-state index contributed by atoms with van der Waals surface area (Å²) in [6.07, 6.45) is 18.4. The van der Waals surface area contributed by atoms with Crippen LogP contribution in [0.4, 0.5) is 0 Å². The monoisotopic (exact) mass is 1090 g/mol. The molecule has 3 heterocycles. The number of allylic oxidation sites excluding steroid dienone is 9. The van der Waals surface area contributed by atoms with Gasteiger partial charge in [-0.3, -0.25) is 4.79 Å². The van der Waals surface area contributed by atoms with Gasteiger partial charge in [0.15, 0.2) is 18.9 Å². The van der Waals surface area contributed by atoms with E-state index in [2.05, 4.69) is 67.8 Å². The molecule has 3 aliphatic heterocycles. The third-order valence-corrected chi connectivity index (χ3v) is 14.1. The van der Waals surface area contributed by atoms with E-state index in [0.717, 1.165) is 83.5 Å². The van der Waals surface area contributed by atoms with Gasteiger partial charge in [-0.25, -0.2) is 0 Å². The predicted octanol–water partition coefficient (Wildman–Crippen LogP) is 4.09. The maximum Gasteiger partial charge on any atom is 0.220 e. The van der Waals surface area contributed by atoms with Gasteiger partial charge in [-0.2, -0.15) is 0 Å². The quantitative estimate of drug-likeness (QED) is 0.0304. The highest BCUT2D eigenvalue weighted by Gasteiger charge is 2.53. The molecule has 12 N–H and O–H groups in total. The topological polar surface area (TPSA) is 307 Å². The minimum absolute atomic E-state index is 0.237. The summed E-state index contributed by atoms with van der Waals surface area (Å²) in [6.45, 7) is 1.48. The highest BCUT2D eigenvalue weighted by molar-refractivity contribution is 5.76. The average molecular weight is 1090 g/mol. The first-order valence-electron chi connectivity index (χ1n) is 28.5. The van der Waals surface area contributed by atoms with Crippen molar-refractivity contribution in [2.75, 3.05) is 26.4 Å². The standard InChI is InChI=1S/C57H99NO18/c1-3-5-7-9-11-12-13-14-15-16-17-18-19-20-21-22-23-24-25-26-27-28-29-31-33-35-45(63)58-40(41(62)34-32-30-10-8-6-4-2)39-71-55-51(69)48(66)53(43(37-60)73-55)76-57-52(70)49(67)54(44(38-61)74-57)75-56-50(68)47(65)46(64)42(36-59)72-56/h5,7,11-12,14-15,17-18,32,34,40-44,46-57,59-62,64-70H,3-4,6,8-10,13,16,19-31,33,35-39H2,1-2H3,(H,58,63)/b7-5-,12-11-,15-14-,18-17-,34-32+. The van der Waals surface area contributed by atoms with Crippen molar-refractivity contribution in [3.8, 4) is 0 Å². The molecule has 0 bridgehead atoms. The van der Waals surface area contributed by atoms with Crippen LogP contribution in [0.5, 0.6) is 0 Å². The van der Waals surface area contributed by atoms with Gasteiger partial charge in [0.25, 0.3) is 0 Å². The molecule has 0 aliphatic carbocycles. The number of amides is 1. The summed E-state index contributed by atoms with van der Waals surface area (Å²) >= 11 is 0. The van der Waals surface area contributed by atoms with Gasteiger partial charge in [0.1, 0.15) is 73.2 Å². The summed E-state index contributed by atoms with van der Waals surface area (Å²) in [5.74, 6) is -0.287. The molecule has 0 aromatic carbocycles. The van der Waals surface area contributed by atoms with Crippen LogP contribution in [0.3, 0.4) is 0 Å². The number of ether oxygens (including phenoxy) is 6. The van der Waals surface area contributed by atoms with Gasteiger partial charge < -0.3 is 89.9 Å². The second kappa shape index (κ2) is 40.6. The molecule has 76 heavy (non-hydrogen) atoms. The number of carbonyl (C=O) groups is 1. The molecule has 0 aromatic heterocycles. The zero-order valence-corrected chi connectivity index (χ0v) is 45.5. The molecule has 17 unspecified atom stereocenters. The number of carbonyl (C=O) groups excluding carboxylic acids is 1. The van der Waals surface area contributed by atoms with Crippen LogP contribution in [0.2, 0.25) is 0 Å². The average Bonchev–Trinajstić information content (AvgIpc) is 3.42. The molecule has 0 saturated carbocycles. The smallest absolute Gasteiger partial charge is 0.220 e. The molecule has 3 fully saturated rings. The lowest BCUT2D eigenvalue weighted by molar-refractivity contribution is -0.379. The molecular weight excluding hydrogens is 987 g/mol. The highest BCUT2D eigenvalue weighted by atomic mass is 16.8. The van der Waals surface area contributed by atoms with Gasteiger partial charge in [-0.05, 0) is 57.8 Å². The minimum Gasteiger partial charge on any atom is -0.394 e. The Hall–Kier alpha value is -2.51. The van der Waals surface area contributed by atoms with Gasteiger partial charge in [-0.15, -0.1) is 0 Å². The zero-order chi connectivity index (χ0) is 55.5. The third-order valence-electron chi connectivity index (χ3n) is 14.1. The summed E-state index contributed by atoms with van der Waals surface area (Å²) in [4.78, 5) is 13.2. The van der Waals surface area contributed by atoms with E-state index in [9.17, 15) is 61.0 Å². The fraction of sp³-hybridized carbons (Fsp3) is 0.807. The van der Waals surface area contributed by atoms with Crippen molar-refractivity contribution in [2.24, 2.45) is 0 Å². The Morgan fingerprint density at radius 3 is 1.42 bits per heavy atom. The second-order valence-electron chi connectivity index (χ2n) is 20.4. The summed E-state index contributed by atoms with van der Waals surface area (Å²) in [5, 5.41) is 119. The van der Waals surface area contributed by atoms with Crippen LogP contribution in [-0.4, -0.2) is 193 Å². The van der Waals surface area contributed by atoms with E-state index in [1.165, 1.54) is 51.4 Å². The molecule has 17 atom stereocenters. The molecule has 0 radical (unpaired) electrons. The molecule has 3 saturated heterocycles. The molecule has 1 amide bonds. The van der Waals surface area contributed by atoms with Crippen molar-refractivity contribution >= 4 is 5.91 Å². The van der Waals surface area contributed by atoms with Crippen LogP contribution in [0.25, 0.3) is 0 Å². The van der Waals surface area contributed by atoms with Crippen LogP contribution >= 0.6 is 0 Å². The number of rotatable bonds is 40. The predicted molar refractivity (Wildman–Crippen MR) is 286 cm³/mol. The normalized spacial score (nSPS) is 31.4. The van der Waals surface area contributed by atoms with E-state index >= 15 is 0 Å². The molecule has 0 aromatic rings. The lowest BCUT2D eigenvalue weighted by Crippen LogP contribution is -2.66. The summed E-state index contributed by atoms with van der Waals surface area (Å²) < 4.78 is 34.1. The SMILES string of the molecule is CC/C=C\C/C=C\C/C=C\C/C=C\CCCCCCCCCCCCCCC(=O)NC(COC1OC(CO)C(OC2OC(CO)C(OC3OC(CO)C(O)C(O)C3O)C(O)C2O)C(O)C1O)C(O)/C=C/CCCCCC. The fourth-order valence-electron chi connectivity index (χ4n) is 9.36. The van der Waals surface area contributed by atoms with E-state index in [-0.39, 0.29) is 18.9 Å². The van der Waals surface area contributed by atoms with E-state index in [4.69, 9.17) is 28.4 Å². The van der Waals surface area contributed by atoms with Gasteiger partial charge >= 0.3 is 0 Å². The summed E-state index contributed by atoms with van der Waals surface area (Å²) in [6, 6.07) is -0.972. The maximum atomic E-state index is 13.2. The largest absolute Gasteiger partial charge is 0.394 e. The molecule has 19 heteroatoms. The number of aliphatic hydroxyl groups is 11. The Morgan fingerprint density at radius 2 is 0.908 bits per heavy atom. The first-order chi connectivity index (χ1) is 36.8. The Kier molecular flexibility index (Phi) is 36.2. The second-order valence-corrected chi connectivity index (χ2v) is 20.4. The van der Waals surface area contributed by atoms with Crippen molar-refractivity contribution < 1.29 is 89.4 Å². The van der Waals surface area contributed by atoms with Crippen LogP contribution in [0.1, 0.15) is 162 Å². The van der Waals surface area contributed by atoms with Crippen molar-refractivity contribution in [2.45, 2.75) is 266 Å². The fourth-order valence-corrected chi connectivity index (χ4v) is 9.36. The van der Waals surface area contributed by atoms with Crippen molar-refractivity contribution in [3.05, 3.63) is 60.8 Å². The number of hydrogen-bond acceptors (Lipinski definition) is 18. The molecule has 0 spiro atoms. The van der Waals surface area contributed by atoms with E-state index in [1.54, 1.807) is 6.08 Å². The van der Waals surface area contributed by atoms with Gasteiger partial charge in [-0.1, -0.05) is 158 Å². The third kappa shape index (κ3) is 24.9. The lowest BCUT2D eigenvalue weighted by atomic mass is 9.96.